The van der Waals surface area contributed by atoms with E-state index in [0.717, 1.165) is 5.56 Å². The van der Waals surface area contributed by atoms with Crippen molar-refractivity contribution >= 4 is 21.9 Å². The summed E-state index contributed by atoms with van der Waals surface area (Å²) in [7, 11) is -3.74. The fraction of sp³-hybridized carbons (Fsp3) is 0.167. The number of sulfonamides is 1. The second-order valence-electron chi connectivity index (χ2n) is 5.66. The van der Waals surface area contributed by atoms with Crippen molar-refractivity contribution in [1.82, 2.24) is 4.31 Å². The molecule has 2 aromatic carbocycles. The number of hydrogen-bond acceptors (Lipinski definition) is 3. The summed E-state index contributed by atoms with van der Waals surface area (Å²) in [5.74, 6) is -0.270. The molecule has 0 saturated heterocycles. The van der Waals surface area contributed by atoms with E-state index in [-0.39, 0.29) is 28.0 Å². The number of fused-ring (bicyclic) bond motifs is 1. The average molecular weight is 327 g/mol. The Morgan fingerprint density at radius 1 is 0.957 bits per heavy atom. The van der Waals surface area contributed by atoms with Crippen LogP contribution in [-0.4, -0.2) is 24.5 Å². The summed E-state index contributed by atoms with van der Waals surface area (Å²) in [6, 6.07) is 15.2. The van der Waals surface area contributed by atoms with Crippen molar-refractivity contribution in [2.24, 2.45) is 0 Å². The highest BCUT2D eigenvalue weighted by Gasteiger charge is 2.40. The first-order chi connectivity index (χ1) is 10.9. The van der Waals surface area contributed by atoms with E-state index in [1.165, 1.54) is 10.4 Å². The van der Waals surface area contributed by atoms with Gasteiger partial charge in [0.2, 0.25) is 5.78 Å². The highest BCUT2D eigenvalue weighted by molar-refractivity contribution is 7.89. The molecule has 0 bridgehead atoms. The van der Waals surface area contributed by atoms with E-state index in [2.05, 4.69) is 0 Å². The van der Waals surface area contributed by atoms with Gasteiger partial charge in [-0.2, -0.15) is 0 Å². The zero-order chi connectivity index (χ0) is 16.6. The Bertz CT molecular complexity index is 883. The zero-order valence-electron chi connectivity index (χ0n) is 12.9. The first-order valence-corrected chi connectivity index (χ1v) is 8.82. The lowest BCUT2D eigenvalue weighted by molar-refractivity contribution is 0.0996. The van der Waals surface area contributed by atoms with Crippen LogP contribution in [0.3, 0.4) is 0 Å². The van der Waals surface area contributed by atoms with Crippen LogP contribution in [0.15, 0.2) is 65.2 Å². The summed E-state index contributed by atoms with van der Waals surface area (Å²) in [4.78, 5) is 12.9. The quantitative estimate of drug-likeness (QED) is 0.795. The fourth-order valence-electron chi connectivity index (χ4n) is 2.74. The molecule has 0 fully saturated rings. The molecule has 2 aromatic rings. The zero-order valence-corrected chi connectivity index (χ0v) is 13.7. The molecule has 0 spiro atoms. The first-order valence-electron chi connectivity index (χ1n) is 7.38. The van der Waals surface area contributed by atoms with Gasteiger partial charge < -0.3 is 0 Å². The number of Topliss-reactive ketones (excluding diaryl/α,β-unsaturated/α-hetero) is 1. The molecule has 118 valence electrons. The van der Waals surface area contributed by atoms with Gasteiger partial charge in [-0.1, -0.05) is 42.5 Å². The first kappa shape index (κ1) is 15.5. The second kappa shape index (κ2) is 5.66. The van der Waals surface area contributed by atoms with Crippen LogP contribution in [0.5, 0.6) is 0 Å². The minimum absolute atomic E-state index is 0.0731. The van der Waals surface area contributed by atoms with Crippen LogP contribution in [0, 0.1) is 0 Å². The van der Waals surface area contributed by atoms with Crippen LogP contribution in [0.25, 0.3) is 6.08 Å². The van der Waals surface area contributed by atoms with Crippen molar-refractivity contribution in [3.63, 3.8) is 0 Å². The van der Waals surface area contributed by atoms with Gasteiger partial charge in [-0.15, -0.1) is 0 Å². The summed E-state index contributed by atoms with van der Waals surface area (Å²) < 4.78 is 27.1. The molecule has 1 heterocycles. The van der Waals surface area contributed by atoms with E-state index in [0.29, 0.717) is 0 Å². The van der Waals surface area contributed by atoms with Crippen LogP contribution in [-0.2, 0) is 10.0 Å². The monoisotopic (exact) mass is 327 g/mol. The van der Waals surface area contributed by atoms with Crippen LogP contribution in [0.4, 0.5) is 0 Å². The number of rotatable bonds is 2. The summed E-state index contributed by atoms with van der Waals surface area (Å²) >= 11 is 0. The van der Waals surface area contributed by atoms with E-state index >= 15 is 0 Å². The summed E-state index contributed by atoms with van der Waals surface area (Å²) in [6.07, 6.45) is 1.63. The van der Waals surface area contributed by atoms with Crippen LogP contribution in [0.1, 0.15) is 29.8 Å². The van der Waals surface area contributed by atoms with Crippen LogP contribution < -0.4 is 0 Å². The van der Waals surface area contributed by atoms with E-state index in [4.69, 9.17) is 0 Å². The number of carbonyl (C=O) groups is 1. The molecule has 0 saturated carbocycles. The standard InChI is InChI=1S/C18H17NO3S/c1-13(2)19-16(12-14-8-4-3-5-9-14)18(20)15-10-6-7-11-17(15)23(19,21)22/h3-13H,1-2H3. The molecule has 0 amide bonds. The van der Waals surface area contributed by atoms with Gasteiger partial charge in [0, 0.05) is 11.6 Å². The molecule has 0 radical (unpaired) electrons. The second-order valence-corrected chi connectivity index (χ2v) is 7.44. The lowest BCUT2D eigenvalue weighted by Crippen LogP contribution is -2.43. The minimum Gasteiger partial charge on any atom is -0.287 e. The maximum Gasteiger partial charge on any atom is 0.265 e. The molecule has 4 nitrogen and oxygen atoms in total. The van der Waals surface area contributed by atoms with Crippen LogP contribution in [0.2, 0.25) is 0 Å². The lowest BCUT2D eigenvalue weighted by Gasteiger charge is -2.34. The fourth-order valence-corrected chi connectivity index (χ4v) is 4.60. The summed E-state index contributed by atoms with van der Waals surface area (Å²) in [5, 5.41) is 0. The molecule has 0 atom stereocenters. The lowest BCUT2D eigenvalue weighted by atomic mass is 10.0. The maximum atomic E-state index is 12.9. The Morgan fingerprint density at radius 2 is 1.57 bits per heavy atom. The molecule has 5 heteroatoms. The Hall–Kier alpha value is -2.40. The largest absolute Gasteiger partial charge is 0.287 e. The van der Waals surface area contributed by atoms with Crippen molar-refractivity contribution in [3.8, 4) is 0 Å². The van der Waals surface area contributed by atoms with E-state index in [1.54, 1.807) is 38.1 Å². The average Bonchev–Trinajstić information content (AvgIpc) is 2.53. The minimum atomic E-state index is -3.74. The molecule has 1 aliphatic heterocycles. The van der Waals surface area contributed by atoms with Gasteiger partial charge >= 0.3 is 0 Å². The van der Waals surface area contributed by atoms with Gasteiger partial charge in [0.05, 0.1) is 4.90 Å². The molecule has 0 aromatic heterocycles. The van der Waals surface area contributed by atoms with Gasteiger partial charge in [-0.05, 0) is 37.6 Å². The van der Waals surface area contributed by atoms with Crippen molar-refractivity contribution in [1.29, 1.82) is 0 Å². The topological polar surface area (TPSA) is 54.5 Å². The molecule has 23 heavy (non-hydrogen) atoms. The van der Waals surface area contributed by atoms with E-state index in [1.807, 2.05) is 30.3 Å². The number of hydrogen-bond donors (Lipinski definition) is 0. The van der Waals surface area contributed by atoms with E-state index in [9.17, 15) is 13.2 Å². The number of benzene rings is 2. The Morgan fingerprint density at radius 3 is 2.22 bits per heavy atom. The van der Waals surface area contributed by atoms with Crippen molar-refractivity contribution < 1.29 is 13.2 Å². The molecular weight excluding hydrogens is 310 g/mol. The highest BCUT2D eigenvalue weighted by Crippen LogP contribution is 2.34. The number of carbonyl (C=O) groups excluding carboxylic acids is 1. The normalized spacial score (nSPS) is 18.3. The Labute approximate surface area is 136 Å². The van der Waals surface area contributed by atoms with Gasteiger partial charge in [-0.25, -0.2) is 8.42 Å². The van der Waals surface area contributed by atoms with Crippen molar-refractivity contribution in [2.45, 2.75) is 24.8 Å². The predicted molar refractivity (Wildman–Crippen MR) is 89.4 cm³/mol. The predicted octanol–water partition coefficient (Wildman–Crippen LogP) is 3.32. The van der Waals surface area contributed by atoms with Gasteiger partial charge in [0.25, 0.3) is 10.0 Å². The Balaban J connectivity index is 2.27. The van der Waals surface area contributed by atoms with Gasteiger partial charge in [0.15, 0.2) is 0 Å². The van der Waals surface area contributed by atoms with Crippen molar-refractivity contribution in [3.05, 3.63) is 71.4 Å². The maximum absolute atomic E-state index is 12.9. The number of ketones is 1. The van der Waals surface area contributed by atoms with Crippen LogP contribution >= 0.6 is 0 Å². The van der Waals surface area contributed by atoms with E-state index < -0.39 is 10.0 Å². The third-order valence-corrected chi connectivity index (χ3v) is 5.76. The SMILES string of the molecule is CC(C)N1C(=Cc2ccccc2)C(=O)c2ccccc2S1(=O)=O. The third kappa shape index (κ3) is 2.57. The number of allylic oxidation sites excluding steroid dienone is 1. The summed E-state index contributed by atoms with van der Waals surface area (Å²) in [6.45, 7) is 3.52. The third-order valence-electron chi connectivity index (χ3n) is 3.71. The number of nitrogens with zero attached hydrogens (tertiary/aromatic N) is 1. The Kier molecular flexibility index (Phi) is 3.82. The highest BCUT2D eigenvalue weighted by atomic mass is 32.2. The molecule has 1 aliphatic rings. The molecule has 3 rings (SSSR count). The van der Waals surface area contributed by atoms with Gasteiger partial charge in [0.1, 0.15) is 5.70 Å². The molecular formula is C18H17NO3S. The van der Waals surface area contributed by atoms with Crippen molar-refractivity contribution in [2.75, 3.05) is 0 Å². The van der Waals surface area contributed by atoms with Gasteiger partial charge in [-0.3, -0.25) is 9.10 Å². The summed E-state index contributed by atoms with van der Waals surface area (Å²) in [5.41, 5.74) is 1.20. The smallest absolute Gasteiger partial charge is 0.265 e. The molecule has 0 aliphatic carbocycles. The molecule has 0 unspecified atom stereocenters. The molecule has 0 N–H and O–H groups in total.